The minimum absolute atomic E-state index is 0.194. The van der Waals surface area contributed by atoms with Crippen LogP contribution in [0.4, 0.5) is 5.82 Å². The lowest BCUT2D eigenvalue weighted by atomic mass is 9.93. The molecule has 0 radical (unpaired) electrons. The van der Waals surface area contributed by atoms with Gasteiger partial charge in [-0.1, -0.05) is 17.3 Å². The number of benzene rings is 1. The molecule has 1 aromatic carbocycles. The minimum atomic E-state index is -0.592. The lowest BCUT2D eigenvalue weighted by Crippen LogP contribution is -2.31. The van der Waals surface area contributed by atoms with E-state index in [-0.39, 0.29) is 12.6 Å². The zero-order valence-corrected chi connectivity index (χ0v) is 20.9. The highest BCUT2D eigenvalue weighted by Gasteiger charge is 2.22. The number of aromatic nitrogens is 3. The van der Waals surface area contributed by atoms with Crippen molar-refractivity contribution in [2.45, 2.75) is 45.8 Å². The number of aliphatic hydroxyl groups is 1. The lowest BCUT2D eigenvalue weighted by molar-refractivity contribution is 0.0622. The van der Waals surface area contributed by atoms with Gasteiger partial charge >= 0.3 is 0 Å². The number of hydrogen-bond acceptors (Lipinski definition) is 9. The van der Waals surface area contributed by atoms with Gasteiger partial charge in [0.2, 0.25) is 0 Å². The van der Waals surface area contributed by atoms with Crippen LogP contribution in [0.3, 0.4) is 0 Å². The van der Waals surface area contributed by atoms with Gasteiger partial charge < -0.3 is 29.7 Å². The molecule has 2 atom stereocenters. The molecular weight excluding hydrogens is 446 g/mol. The predicted molar refractivity (Wildman–Crippen MR) is 134 cm³/mol. The molecule has 3 N–H and O–H groups in total. The van der Waals surface area contributed by atoms with Gasteiger partial charge in [0.25, 0.3) is 0 Å². The van der Waals surface area contributed by atoms with Crippen molar-refractivity contribution in [3.05, 3.63) is 41.8 Å². The van der Waals surface area contributed by atoms with Crippen LogP contribution in [0.5, 0.6) is 5.75 Å². The first-order valence-corrected chi connectivity index (χ1v) is 12.2. The number of anilines is 1. The van der Waals surface area contributed by atoms with Gasteiger partial charge in [-0.15, -0.1) is 0 Å². The molecule has 0 amide bonds. The van der Waals surface area contributed by atoms with Crippen molar-refractivity contribution in [3.8, 4) is 28.4 Å². The highest BCUT2D eigenvalue weighted by Crippen LogP contribution is 2.31. The van der Waals surface area contributed by atoms with Gasteiger partial charge in [0.1, 0.15) is 30.0 Å². The second kappa shape index (κ2) is 11.6. The summed E-state index contributed by atoms with van der Waals surface area (Å²) < 4.78 is 16.7. The zero-order valence-electron chi connectivity index (χ0n) is 20.9. The molecule has 1 saturated heterocycles. The summed E-state index contributed by atoms with van der Waals surface area (Å²) >= 11 is 0. The summed E-state index contributed by atoms with van der Waals surface area (Å²) in [5.41, 5.74) is 3.23. The van der Waals surface area contributed by atoms with Crippen LogP contribution in [-0.2, 0) is 4.74 Å². The molecule has 0 bridgehead atoms. The summed E-state index contributed by atoms with van der Waals surface area (Å²) in [6.07, 6.45) is 1.47. The maximum absolute atomic E-state index is 9.98. The van der Waals surface area contributed by atoms with Crippen molar-refractivity contribution in [1.82, 2.24) is 20.4 Å². The highest BCUT2D eigenvalue weighted by atomic mass is 16.5. The Morgan fingerprint density at radius 1 is 1.17 bits per heavy atom. The number of nitrogens with one attached hydrogen (secondary N) is 2. The number of rotatable bonds is 10. The number of ether oxygens (including phenoxy) is 2. The Bertz CT molecular complexity index is 1090. The monoisotopic (exact) mass is 481 g/mol. The van der Waals surface area contributed by atoms with E-state index in [9.17, 15) is 5.11 Å². The third kappa shape index (κ3) is 6.36. The Balaban J connectivity index is 1.65. The van der Waals surface area contributed by atoms with Gasteiger partial charge in [-0.2, -0.15) is 0 Å². The van der Waals surface area contributed by atoms with E-state index in [0.717, 1.165) is 54.4 Å². The summed E-state index contributed by atoms with van der Waals surface area (Å²) in [5.74, 6) is 3.20. The first-order chi connectivity index (χ1) is 16.9. The minimum Gasteiger partial charge on any atom is -0.491 e. The van der Waals surface area contributed by atoms with Crippen LogP contribution in [0.2, 0.25) is 0 Å². The summed E-state index contributed by atoms with van der Waals surface area (Å²) in [4.78, 5) is 9.72. The Morgan fingerprint density at radius 3 is 2.69 bits per heavy atom. The van der Waals surface area contributed by atoms with E-state index in [2.05, 4.69) is 22.7 Å². The van der Waals surface area contributed by atoms with Crippen LogP contribution in [0, 0.1) is 19.8 Å². The highest BCUT2D eigenvalue weighted by molar-refractivity contribution is 5.70. The maximum atomic E-state index is 9.98. The lowest BCUT2D eigenvalue weighted by Gasteiger charge is -2.28. The van der Waals surface area contributed by atoms with E-state index in [1.807, 2.05) is 44.2 Å². The number of likely N-dealkylation sites (N-methyl/N-ethyl adjacent to an activating group) is 1. The van der Waals surface area contributed by atoms with Crippen molar-refractivity contribution in [2.75, 3.05) is 38.7 Å². The Labute approximate surface area is 206 Å². The van der Waals surface area contributed by atoms with Gasteiger partial charge in [-0.05, 0) is 58.7 Å². The number of aliphatic hydroxyl groups excluding tert-OH is 1. The second-order valence-corrected chi connectivity index (χ2v) is 9.09. The van der Waals surface area contributed by atoms with Crippen molar-refractivity contribution >= 4 is 5.82 Å². The quantitative estimate of drug-likeness (QED) is 0.399. The van der Waals surface area contributed by atoms with Crippen molar-refractivity contribution in [3.63, 3.8) is 0 Å². The predicted octanol–water partition coefficient (Wildman–Crippen LogP) is 3.60. The van der Waals surface area contributed by atoms with Crippen molar-refractivity contribution in [2.24, 2.45) is 5.92 Å². The molecule has 188 valence electrons. The largest absolute Gasteiger partial charge is 0.491 e. The molecule has 1 fully saturated rings. The summed E-state index contributed by atoms with van der Waals surface area (Å²) in [5, 5.41) is 20.6. The normalized spacial score (nSPS) is 16.1. The van der Waals surface area contributed by atoms with E-state index in [1.165, 1.54) is 0 Å². The van der Waals surface area contributed by atoms with E-state index >= 15 is 0 Å². The fraction of sp³-hybridized carbons (Fsp3) is 0.500. The number of nitrogens with zero attached hydrogens (tertiary/aromatic N) is 3. The molecule has 2 unspecified atom stereocenters. The third-order valence-corrected chi connectivity index (χ3v) is 6.34. The van der Waals surface area contributed by atoms with Crippen LogP contribution >= 0.6 is 0 Å². The van der Waals surface area contributed by atoms with Crippen LogP contribution in [0.1, 0.15) is 31.2 Å². The summed E-state index contributed by atoms with van der Waals surface area (Å²) in [6, 6.07) is 9.81. The van der Waals surface area contributed by atoms with Gasteiger partial charge in [0.05, 0.1) is 17.0 Å². The van der Waals surface area contributed by atoms with Gasteiger partial charge in [0.15, 0.2) is 5.82 Å². The summed E-state index contributed by atoms with van der Waals surface area (Å²) in [7, 11) is 1.79. The molecule has 1 aliphatic heterocycles. The maximum Gasteiger partial charge on any atom is 0.162 e. The fourth-order valence-electron chi connectivity index (χ4n) is 4.41. The Morgan fingerprint density at radius 2 is 1.97 bits per heavy atom. The van der Waals surface area contributed by atoms with E-state index in [1.54, 1.807) is 7.05 Å². The van der Waals surface area contributed by atoms with Crippen LogP contribution in [-0.4, -0.2) is 65.8 Å². The molecule has 2 aromatic heterocycles. The molecule has 35 heavy (non-hydrogen) atoms. The van der Waals surface area contributed by atoms with Gasteiger partial charge in [-0.3, -0.25) is 0 Å². The fourth-order valence-corrected chi connectivity index (χ4v) is 4.41. The van der Waals surface area contributed by atoms with Crippen LogP contribution in [0.25, 0.3) is 22.6 Å². The molecule has 1 aliphatic rings. The van der Waals surface area contributed by atoms with E-state index < -0.39 is 6.10 Å². The van der Waals surface area contributed by atoms with Gasteiger partial charge in [-0.25, -0.2) is 9.97 Å². The average Bonchev–Trinajstić information content (AvgIpc) is 3.21. The second-order valence-electron chi connectivity index (χ2n) is 9.09. The number of hydrogen-bond donors (Lipinski definition) is 3. The molecule has 4 rings (SSSR count). The first kappa shape index (κ1) is 25.1. The van der Waals surface area contributed by atoms with Crippen LogP contribution in [0.15, 0.2) is 34.9 Å². The topological polar surface area (TPSA) is 115 Å². The first-order valence-electron chi connectivity index (χ1n) is 12.2. The Hall–Kier alpha value is -3.01. The van der Waals surface area contributed by atoms with Gasteiger partial charge in [0, 0.05) is 37.4 Å². The molecular formula is C26H35N5O4. The van der Waals surface area contributed by atoms with Crippen molar-refractivity contribution in [1.29, 1.82) is 0 Å². The molecule has 0 saturated carbocycles. The molecule has 3 heterocycles. The third-order valence-electron chi connectivity index (χ3n) is 6.34. The average molecular weight is 482 g/mol. The Kier molecular flexibility index (Phi) is 8.33. The number of aryl methyl sites for hydroxylation is 2. The molecule has 9 nitrogen and oxygen atoms in total. The standard InChI is InChI=1S/C26H35N5O4/c1-16(19-8-10-33-11-9-19)28-24-13-23(25-17(2)31-35-18(25)3)29-26(30-24)20-6-5-7-22(12-20)34-15-21(32)14-27-4/h5-7,12-13,16,19,21,27,32H,8-11,14-15H2,1-4H3,(H,28,29,30). The molecule has 0 aliphatic carbocycles. The zero-order chi connectivity index (χ0) is 24.8. The smallest absolute Gasteiger partial charge is 0.162 e. The summed E-state index contributed by atoms with van der Waals surface area (Å²) in [6.45, 7) is 8.24. The van der Waals surface area contributed by atoms with Crippen LogP contribution < -0.4 is 15.4 Å². The molecule has 9 heteroatoms. The van der Waals surface area contributed by atoms with E-state index in [4.69, 9.17) is 24.0 Å². The van der Waals surface area contributed by atoms with E-state index in [0.29, 0.717) is 29.8 Å². The SMILES string of the molecule is CNCC(O)COc1cccc(-c2nc(NC(C)C3CCOCC3)cc(-c3c(C)noc3C)n2)c1. The van der Waals surface area contributed by atoms with Crippen molar-refractivity contribution < 1.29 is 19.1 Å². The molecule has 3 aromatic rings. The molecule has 0 spiro atoms.